The largest absolute Gasteiger partial charge is 0.329 e. The van der Waals surface area contributed by atoms with Crippen molar-refractivity contribution in [1.29, 1.82) is 0 Å². The maximum Gasteiger partial charge on any atom is 0.0543 e. The molecule has 0 radical (unpaired) electrons. The summed E-state index contributed by atoms with van der Waals surface area (Å²) in [7, 11) is 0. The van der Waals surface area contributed by atoms with Crippen molar-refractivity contribution < 1.29 is 0 Å². The van der Waals surface area contributed by atoms with Crippen LogP contribution in [0.3, 0.4) is 0 Å². The fraction of sp³-hybridized carbons (Fsp3) is 1.00. The molecule has 0 fully saturated rings. The van der Waals surface area contributed by atoms with Crippen molar-refractivity contribution in [3.63, 3.8) is 0 Å². The van der Waals surface area contributed by atoms with E-state index in [1.54, 1.807) is 0 Å². The van der Waals surface area contributed by atoms with Gasteiger partial charge < -0.3 is 27.4 Å². The number of rotatable bonds is 9. The first-order valence-electron chi connectivity index (χ1n) is 4.89. The van der Waals surface area contributed by atoms with E-state index < -0.39 is 0 Å². The second kappa shape index (κ2) is 9.88. The third kappa shape index (κ3) is 9.72. The molecular formula is C8H23N5. The first-order chi connectivity index (χ1) is 6.31. The summed E-state index contributed by atoms with van der Waals surface area (Å²) in [6.07, 6.45) is 0.322. The maximum absolute atomic E-state index is 5.35. The van der Waals surface area contributed by atoms with Gasteiger partial charge in [-0.2, -0.15) is 0 Å². The van der Waals surface area contributed by atoms with Crippen LogP contribution >= 0.6 is 0 Å². The molecular weight excluding hydrogens is 166 g/mol. The smallest absolute Gasteiger partial charge is 0.0543 e. The van der Waals surface area contributed by atoms with Gasteiger partial charge in [-0.3, -0.25) is 0 Å². The number of hydrogen-bond acceptors (Lipinski definition) is 5. The van der Waals surface area contributed by atoms with Crippen LogP contribution in [0.4, 0.5) is 0 Å². The van der Waals surface area contributed by atoms with Crippen molar-refractivity contribution in [2.75, 3.05) is 39.3 Å². The molecule has 80 valence electrons. The molecule has 0 aliphatic heterocycles. The van der Waals surface area contributed by atoms with Crippen LogP contribution in [0.15, 0.2) is 0 Å². The molecule has 5 nitrogen and oxygen atoms in total. The van der Waals surface area contributed by atoms with Gasteiger partial charge in [0.15, 0.2) is 0 Å². The third-order valence-electron chi connectivity index (χ3n) is 1.67. The van der Waals surface area contributed by atoms with Gasteiger partial charge in [0, 0.05) is 39.3 Å². The summed E-state index contributed by atoms with van der Waals surface area (Å²) in [5.74, 6) is 0. The quantitative estimate of drug-likeness (QED) is 0.214. The van der Waals surface area contributed by atoms with Crippen molar-refractivity contribution in [2.24, 2.45) is 11.5 Å². The van der Waals surface area contributed by atoms with Crippen LogP contribution in [0.25, 0.3) is 0 Å². The lowest BCUT2D eigenvalue weighted by atomic mass is 10.4. The van der Waals surface area contributed by atoms with Gasteiger partial charge in [-0.05, 0) is 6.92 Å². The van der Waals surface area contributed by atoms with Crippen molar-refractivity contribution in [1.82, 2.24) is 16.0 Å². The Kier molecular flexibility index (Phi) is 9.73. The van der Waals surface area contributed by atoms with E-state index in [4.69, 9.17) is 11.5 Å². The Labute approximate surface area is 80.6 Å². The molecule has 0 rings (SSSR count). The van der Waals surface area contributed by atoms with E-state index in [-0.39, 0.29) is 0 Å². The molecule has 0 saturated heterocycles. The molecule has 0 bridgehead atoms. The average molecular weight is 189 g/mol. The highest BCUT2D eigenvalue weighted by Gasteiger charge is 1.96. The summed E-state index contributed by atoms with van der Waals surface area (Å²) in [6, 6.07) is 0. The van der Waals surface area contributed by atoms with Crippen LogP contribution in [0.1, 0.15) is 6.92 Å². The molecule has 0 aliphatic rings. The van der Waals surface area contributed by atoms with E-state index in [0.717, 1.165) is 26.2 Å². The van der Waals surface area contributed by atoms with Gasteiger partial charge in [0.2, 0.25) is 0 Å². The van der Waals surface area contributed by atoms with Crippen LogP contribution in [-0.2, 0) is 0 Å². The summed E-state index contributed by atoms with van der Waals surface area (Å²) in [5, 5.41) is 9.75. The second-order valence-electron chi connectivity index (χ2n) is 2.96. The van der Waals surface area contributed by atoms with Gasteiger partial charge in [-0.25, -0.2) is 0 Å². The summed E-state index contributed by atoms with van der Waals surface area (Å²) in [6.45, 7) is 7.08. The van der Waals surface area contributed by atoms with Crippen molar-refractivity contribution in [3.8, 4) is 0 Å². The standard InChI is InChI=1S/C8H23N5/c1-8(12-5-3-10)13-7-6-11-4-2-9/h8,11-13H,2-7,9-10H2,1H3. The summed E-state index contributed by atoms with van der Waals surface area (Å²) in [4.78, 5) is 0. The highest BCUT2D eigenvalue weighted by atomic mass is 15.1. The molecule has 13 heavy (non-hydrogen) atoms. The minimum atomic E-state index is 0.322. The van der Waals surface area contributed by atoms with Crippen LogP contribution in [0.5, 0.6) is 0 Å². The van der Waals surface area contributed by atoms with E-state index in [1.165, 1.54) is 0 Å². The Balaban J connectivity index is 3.03. The maximum atomic E-state index is 5.35. The SMILES string of the molecule is CC(NCCN)NCCNCCN. The zero-order valence-electron chi connectivity index (χ0n) is 8.47. The molecule has 0 saturated carbocycles. The van der Waals surface area contributed by atoms with Crippen LogP contribution < -0.4 is 27.4 Å². The fourth-order valence-electron chi connectivity index (χ4n) is 0.976. The summed E-state index contributed by atoms with van der Waals surface area (Å²) < 4.78 is 0. The molecule has 0 amide bonds. The topological polar surface area (TPSA) is 88.1 Å². The molecule has 1 unspecified atom stereocenters. The third-order valence-corrected chi connectivity index (χ3v) is 1.67. The van der Waals surface area contributed by atoms with Gasteiger partial charge >= 0.3 is 0 Å². The highest BCUT2D eigenvalue weighted by Crippen LogP contribution is 1.71. The molecule has 7 N–H and O–H groups in total. The first kappa shape index (κ1) is 12.8. The zero-order chi connectivity index (χ0) is 9.94. The monoisotopic (exact) mass is 189 g/mol. The van der Waals surface area contributed by atoms with Gasteiger partial charge in [0.25, 0.3) is 0 Å². The van der Waals surface area contributed by atoms with Crippen molar-refractivity contribution in [3.05, 3.63) is 0 Å². The van der Waals surface area contributed by atoms with Crippen molar-refractivity contribution in [2.45, 2.75) is 13.1 Å². The Morgan fingerprint density at radius 2 is 1.54 bits per heavy atom. The van der Waals surface area contributed by atoms with Gasteiger partial charge in [-0.15, -0.1) is 0 Å². The molecule has 0 spiro atoms. The number of hydrogen-bond donors (Lipinski definition) is 5. The molecule has 0 aromatic carbocycles. The molecule has 0 heterocycles. The minimum absolute atomic E-state index is 0.322. The summed E-state index contributed by atoms with van der Waals surface area (Å²) >= 11 is 0. The van der Waals surface area contributed by atoms with Crippen LogP contribution in [-0.4, -0.2) is 45.4 Å². The lowest BCUT2D eigenvalue weighted by Crippen LogP contribution is -2.44. The van der Waals surface area contributed by atoms with Crippen LogP contribution in [0, 0.1) is 0 Å². The highest BCUT2D eigenvalue weighted by molar-refractivity contribution is 4.59. The van der Waals surface area contributed by atoms with Gasteiger partial charge in [0.05, 0.1) is 6.17 Å². The summed E-state index contributed by atoms with van der Waals surface area (Å²) in [5.41, 5.74) is 10.7. The second-order valence-corrected chi connectivity index (χ2v) is 2.96. The van der Waals surface area contributed by atoms with E-state index in [2.05, 4.69) is 22.9 Å². The lowest BCUT2D eigenvalue weighted by molar-refractivity contribution is 0.454. The van der Waals surface area contributed by atoms with E-state index in [0.29, 0.717) is 19.3 Å². The molecule has 0 aromatic rings. The predicted molar refractivity (Wildman–Crippen MR) is 56.4 cm³/mol. The Hall–Kier alpha value is -0.200. The Morgan fingerprint density at radius 1 is 0.923 bits per heavy atom. The molecule has 0 aromatic heterocycles. The van der Waals surface area contributed by atoms with Gasteiger partial charge in [-0.1, -0.05) is 0 Å². The molecule has 0 aliphatic carbocycles. The minimum Gasteiger partial charge on any atom is -0.329 e. The Bertz CT molecular complexity index is 98.5. The van der Waals surface area contributed by atoms with Crippen molar-refractivity contribution >= 4 is 0 Å². The van der Waals surface area contributed by atoms with Gasteiger partial charge in [0.1, 0.15) is 0 Å². The number of nitrogens with two attached hydrogens (primary N) is 2. The first-order valence-corrected chi connectivity index (χ1v) is 4.89. The normalized spacial score (nSPS) is 13.2. The van der Waals surface area contributed by atoms with Crippen LogP contribution in [0.2, 0.25) is 0 Å². The predicted octanol–water partition coefficient (Wildman–Crippen LogP) is -1.98. The van der Waals surface area contributed by atoms with E-state index >= 15 is 0 Å². The average Bonchev–Trinajstić information content (AvgIpc) is 2.14. The zero-order valence-corrected chi connectivity index (χ0v) is 8.47. The van der Waals surface area contributed by atoms with E-state index in [1.807, 2.05) is 0 Å². The number of nitrogens with one attached hydrogen (secondary N) is 3. The fourth-order valence-corrected chi connectivity index (χ4v) is 0.976. The Morgan fingerprint density at radius 3 is 2.15 bits per heavy atom. The van der Waals surface area contributed by atoms with E-state index in [9.17, 15) is 0 Å². The lowest BCUT2D eigenvalue weighted by Gasteiger charge is -2.15. The molecule has 1 atom stereocenters. The molecule has 5 heteroatoms.